The van der Waals surface area contributed by atoms with Gasteiger partial charge in [0.25, 0.3) is 0 Å². The summed E-state index contributed by atoms with van der Waals surface area (Å²) in [5.74, 6) is 0. The van der Waals surface area contributed by atoms with Crippen LogP contribution in [0, 0.1) is 0 Å². The predicted molar refractivity (Wildman–Crippen MR) is 75.4 cm³/mol. The van der Waals surface area contributed by atoms with Gasteiger partial charge in [0, 0.05) is 6.61 Å². The second kappa shape index (κ2) is 8.90. The van der Waals surface area contributed by atoms with Crippen LogP contribution in [0.5, 0.6) is 0 Å². The van der Waals surface area contributed by atoms with Gasteiger partial charge in [0.2, 0.25) is 0 Å². The number of ether oxygens (including phenoxy) is 1. The lowest BCUT2D eigenvalue weighted by Gasteiger charge is -2.10. The fourth-order valence-corrected chi connectivity index (χ4v) is 1.74. The van der Waals surface area contributed by atoms with Crippen molar-refractivity contribution < 1.29 is 9.84 Å². The second-order valence-electron chi connectivity index (χ2n) is 4.83. The topological polar surface area (TPSA) is 29.5 Å². The zero-order valence-corrected chi connectivity index (χ0v) is 11.3. The Morgan fingerprint density at radius 2 is 2.00 bits per heavy atom. The first kappa shape index (κ1) is 14.9. The minimum atomic E-state index is -0.220. The number of aliphatic hydroxyl groups is 1. The highest BCUT2D eigenvalue weighted by molar-refractivity contribution is 5.13. The summed E-state index contributed by atoms with van der Waals surface area (Å²) in [6.45, 7) is 7.19. The van der Waals surface area contributed by atoms with Crippen LogP contribution in [0.15, 0.2) is 42.5 Å². The summed E-state index contributed by atoms with van der Waals surface area (Å²) in [7, 11) is 0. The number of aliphatic hydroxyl groups excluding tert-OH is 1. The molecule has 0 heterocycles. The molecule has 0 aliphatic carbocycles. The number of allylic oxidation sites excluding steroid dienone is 1. The van der Waals surface area contributed by atoms with E-state index in [2.05, 4.69) is 18.7 Å². The molecule has 2 heteroatoms. The Morgan fingerprint density at radius 3 is 2.67 bits per heavy atom. The molecule has 0 saturated carbocycles. The summed E-state index contributed by atoms with van der Waals surface area (Å²) in [5, 5.41) is 9.72. The Morgan fingerprint density at radius 1 is 1.28 bits per heavy atom. The molecule has 100 valence electrons. The van der Waals surface area contributed by atoms with Crippen molar-refractivity contribution in [2.45, 2.75) is 45.3 Å². The molecule has 0 aliphatic heterocycles. The molecule has 1 rings (SSSR count). The van der Waals surface area contributed by atoms with Gasteiger partial charge in [-0.15, -0.1) is 6.58 Å². The van der Waals surface area contributed by atoms with Gasteiger partial charge in [0.05, 0.1) is 12.7 Å². The zero-order valence-electron chi connectivity index (χ0n) is 11.3. The van der Waals surface area contributed by atoms with Crippen molar-refractivity contribution in [3.8, 4) is 0 Å². The second-order valence-corrected chi connectivity index (χ2v) is 4.83. The fourth-order valence-electron chi connectivity index (χ4n) is 1.74. The Balaban J connectivity index is 2.00. The van der Waals surface area contributed by atoms with Gasteiger partial charge in [-0.05, 0) is 38.2 Å². The Labute approximate surface area is 110 Å². The third kappa shape index (κ3) is 7.25. The van der Waals surface area contributed by atoms with E-state index < -0.39 is 0 Å². The number of benzene rings is 1. The average molecular weight is 248 g/mol. The lowest BCUT2D eigenvalue weighted by atomic mass is 10.1. The molecule has 0 aliphatic rings. The van der Waals surface area contributed by atoms with E-state index in [-0.39, 0.29) is 6.10 Å². The molecule has 1 unspecified atom stereocenters. The number of hydrogen-bond acceptors (Lipinski definition) is 2. The quantitative estimate of drug-likeness (QED) is 0.533. The number of rotatable bonds is 9. The SMILES string of the molecule is C=C(C)CCC(O)CCCOCc1ccccc1. The van der Waals surface area contributed by atoms with Crippen LogP contribution in [0.25, 0.3) is 0 Å². The van der Waals surface area contributed by atoms with Crippen molar-refractivity contribution in [1.82, 2.24) is 0 Å². The first-order valence-corrected chi connectivity index (χ1v) is 6.62. The molecule has 2 nitrogen and oxygen atoms in total. The molecule has 0 amide bonds. The summed E-state index contributed by atoms with van der Waals surface area (Å²) >= 11 is 0. The van der Waals surface area contributed by atoms with E-state index in [0.717, 1.165) is 31.3 Å². The van der Waals surface area contributed by atoms with E-state index >= 15 is 0 Å². The normalized spacial score (nSPS) is 12.3. The van der Waals surface area contributed by atoms with Crippen molar-refractivity contribution in [2.24, 2.45) is 0 Å². The van der Waals surface area contributed by atoms with Gasteiger partial charge in [-0.25, -0.2) is 0 Å². The molecule has 0 saturated heterocycles. The molecule has 18 heavy (non-hydrogen) atoms. The minimum absolute atomic E-state index is 0.220. The van der Waals surface area contributed by atoms with Crippen molar-refractivity contribution in [2.75, 3.05) is 6.61 Å². The Hall–Kier alpha value is -1.12. The van der Waals surface area contributed by atoms with Crippen LogP contribution >= 0.6 is 0 Å². The molecular formula is C16H24O2. The summed E-state index contributed by atoms with van der Waals surface area (Å²) < 4.78 is 5.57. The molecule has 0 spiro atoms. The maximum Gasteiger partial charge on any atom is 0.0716 e. The molecule has 0 aromatic heterocycles. The zero-order chi connectivity index (χ0) is 13.2. The molecule has 1 aromatic rings. The number of hydrogen-bond donors (Lipinski definition) is 1. The van der Waals surface area contributed by atoms with Crippen LogP contribution in [-0.2, 0) is 11.3 Å². The van der Waals surface area contributed by atoms with Crippen LogP contribution in [0.4, 0.5) is 0 Å². The van der Waals surface area contributed by atoms with Crippen molar-refractivity contribution in [3.63, 3.8) is 0 Å². The highest BCUT2D eigenvalue weighted by Crippen LogP contribution is 2.09. The third-order valence-corrected chi connectivity index (χ3v) is 2.84. The summed E-state index contributed by atoms with van der Waals surface area (Å²) in [6.07, 6.45) is 3.22. The van der Waals surface area contributed by atoms with E-state index in [1.54, 1.807) is 0 Å². The standard InChI is InChI=1S/C16H24O2/c1-14(2)10-11-16(17)9-6-12-18-13-15-7-4-3-5-8-15/h3-5,7-8,16-17H,1,6,9-13H2,2H3. The maximum atomic E-state index is 9.72. The van der Waals surface area contributed by atoms with Crippen molar-refractivity contribution in [3.05, 3.63) is 48.0 Å². The van der Waals surface area contributed by atoms with Gasteiger partial charge < -0.3 is 9.84 Å². The van der Waals surface area contributed by atoms with E-state index in [0.29, 0.717) is 13.2 Å². The van der Waals surface area contributed by atoms with E-state index in [4.69, 9.17) is 4.74 Å². The van der Waals surface area contributed by atoms with Crippen LogP contribution in [0.3, 0.4) is 0 Å². The first-order chi connectivity index (χ1) is 8.68. The third-order valence-electron chi connectivity index (χ3n) is 2.84. The van der Waals surface area contributed by atoms with Crippen LogP contribution in [-0.4, -0.2) is 17.8 Å². The van der Waals surface area contributed by atoms with Gasteiger partial charge in [-0.2, -0.15) is 0 Å². The summed E-state index contributed by atoms with van der Waals surface area (Å²) in [6, 6.07) is 10.1. The molecule has 1 N–H and O–H groups in total. The van der Waals surface area contributed by atoms with Crippen LogP contribution in [0.1, 0.15) is 38.2 Å². The molecular weight excluding hydrogens is 224 g/mol. The summed E-state index contributed by atoms with van der Waals surface area (Å²) in [5.41, 5.74) is 2.33. The smallest absolute Gasteiger partial charge is 0.0716 e. The molecule has 1 atom stereocenters. The van der Waals surface area contributed by atoms with Gasteiger partial charge in [-0.1, -0.05) is 35.9 Å². The lowest BCUT2D eigenvalue weighted by molar-refractivity contribution is 0.0947. The lowest BCUT2D eigenvalue weighted by Crippen LogP contribution is -2.08. The maximum absolute atomic E-state index is 9.72. The highest BCUT2D eigenvalue weighted by Gasteiger charge is 2.03. The Bertz CT molecular complexity index is 332. The molecule has 0 fully saturated rings. The first-order valence-electron chi connectivity index (χ1n) is 6.62. The minimum Gasteiger partial charge on any atom is -0.393 e. The van der Waals surface area contributed by atoms with E-state index in [9.17, 15) is 5.11 Å². The van der Waals surface area contributed by atoms with Gasteiger partial charge in [-0.3, -0.25) is 0 Å². The van der Waals surface area contributed by atoms with Crippen LogP contribution < -0.4 is 0 Å². The van der Waals surface area contributed by atoms with Crippen LogP contribution in [0.2, 0.25) is 0 Å². The highest BCUT2D eigenvalue weighted by atomic mass is 16.5. The van der Waals surface area contributed by atoms with Crippen molar-refractivity contribution in [1.29, 1.82) is 0 Å². The monoisotopic (exact) mass is 248 g/mol. The molecule has 1 aromatic carbocycles. The average Bonchev–Trinajstić information content (AvgIpc) is 2.37. The van der Waals surface area contributed by atoms with Crippen molar-refractivity contribution >= 4 is 0 Å². The molecule has 0 bridgehead atoms. The fraction of sp³-hybridized carbons (Fsp3) is 0.500. The largest absolute Gasteiger partial charge is 0.393 e. The van der Waals surface area contributed by atoms with E-state index in [1.807, 2.05) is 25.1 Å². The van der Waals surface area contributed by atoms with E-state index in [1.165, 1.54) is 5.56 Å². The van der Waals surface area contributed by atoms with Gasteiger partial charge >= 0.3 is 0 Å². The van der Waals surface area contributed by atoms with Gasteiger partial charge in [0.15, 0.2) is 0 Å². The predicted octanol–water partition coefficient (Wildman–Crippen LogP) is 3.70. The molecule has 0 radical (unpaired) electrons. The Kier molecular flexibility index (Phi) is 7.38. The van der Waals surface area contributed by atoms with Gasteiger partial charge in [0.1, 0.15) is 0 Å². The summed E-state index contributed by atoms with van der Waals surface area (Å²) in [4.78, 5) is 0.